The van der Waals surface area contributed by atoms with Crippen molar-refractivity contribution in [3.05, 3.63) is 17.0 Å². The molecule has 6 heteroatoms. The molecule has 1 aliphatic heterocycles. The van der Waals surface area contributed by atoms with E-state index in [1.165, 1.54) is 11.3 Å². The minimum absolute atomic E-state index is 0.503. The minimum atomic E-state index is -3.29. The van der Waals surface area contributed by atoms with Crippen molar-refractivity contribution in [1.29, 1.82) is 0 Å². The van der Waals surface area contributed by atoms with Crippen LogP contribution >= 0.6 is 11.3 Å². The molecule has 1 saturated heterocycles. The summed E-state index contributed by atoms with van der Waals surface area (Å²) in [4.78, 5) is 1.13. The zero-order valence-corrected chi connectivity index (χ0v) is 14.6. The summed E-state index contributed by atoms with van der Waals surface area (Å²) in [6.45, 7) is 4.41. The Morgan fingerprint density at radius 1 is 1.33 bits per heavy atom. The van der Waals surface area contributed by atoms with Crippen molar-refractivity contribution < 1.29 is 8.42 Å². The fourth-order valence-corrected chi connectivity index (χ4v) is 5.80. The Hall–Kier alpha value is -0.430. The maximum absolute atomic E-state index is 12.7. The zero-order chi connectivity index (χ0) is 15.3. The average Bonchev–Trinajstić information content (AvgIpc) is 2.82. The van der Waals surface area contributed by atoms with Crippen molar-refractivity contribution >= 4 is 21.4 Å². The Morgan fingerprint density at radius 2 is 2.14 bits per heavy atom. The van der Waals surface area contributed by atoms with Gasteiger partial charge >= 0.3 is 0 Å². The van der Waals surface area contributed by atoms with E-state index in [9.17, 15) is 8.42 Å². The second-order valence-electron chi connectivity index (χ2n) is 5.68. The number of likely N-dealkylation sites (N-methyl/N-ethyl adjacent to an activating group) is 1. The molecule has 1 unspecified atom stereocenters. The molecular weight excluding hydrogens is 304 g/mol. The highest BCUT2D eigenvalue weighted by Crippen LogP contribution is 2.28. The third-order valence-corrected chi connectivity index (χ3v) is 7.75. The monoisotopic (exact) mass is 330 g/mol. The smallest absolute Gasteiger partial charge is 0.252 e. The van der Waals surface area contributed by atoms with Crippen molar-refractivity contribution in [2.24, 2.45) is 5.92 Å². The number of nitrogens with one attached hydrogen (secondary N) is 1. The van der Waals surface area contributed by atoms with Crippen LogP contribution in [0.1, 0.15) is 37.5 Å². The number of hydrogen-bond acceptors (Lipinski definition) is 4. The van der Waals surface area contributed by atoms with E-state index in [1.807, 2.05) is 13.1 Å². The Balaban J connectivity index is 2.08. The summed E-state index contributed by atoms with van der Waals surface area (Å²) in [6, 6.07) is 3.72. The lowest BCUT2D eigenvalue weighted by atomic mass is 9.98. The fourth-order valence-electron chi connectivity index (χ4n) is 2.79. The lowest BCUT2D eigenvalue weighted by Crippen LogP contribution is -2.31. The molecule has 1 fully saturated rings. The zero-order valence-electron chi connectivity index (χ0n) is 13.0. The summed E-state index contributed by atoms with van der Waals surface area (Å²) < 4.78 is 27.7. The third-order valence-electron chi connectivity index (χ3n) is 4.24. The molecule has 120 valence electrons. The molecule has 1 N–H and O–H groups in total. The Morgan fingerprint density at radius 3 is 2.86 bits per heavy atom. The van der Waals surface area contributed by atoms with Crippen LogP contribution in [0.5, 0.6) is 0 Å². The molecule has 0 aromatic carbocycles. The highest BCUT2D eigenvalue weighted by atomic mass is 32.2. The topological polar surface area (TPSA) is 49.4 Å². The van der Waals surface area contributed by atoms with E-state index in [0.717, 1.165) is 43.5 Å². The molecule has 1 atom stereocenters. The average molecular weight is 331 g/mol. The van der Waals surface area contributed by atoms with Gasteiger partial charge in [0, 0.05) is 18.0 Å². The van der Waals surface area contributed by atoms with E-state index in [2.05, 4.69) is 12.2 Å². The fraction of sp³-hybridized carbons (Fsp3) is 0.733. The first-order valence-electron chi connectivity index (χ1n) is 7.81. The van der Waals surface area contributed by atoms with Crippen molar-refractivity contribution in [3.8, 4) is 0 Å². The van der Waals surface area contributed by atoms with E-state index in [-0.39, 0.29) is 0 Å². The molecule has 1 aromatic heterocycles. The maximum atomic E-state index is 12.7. The van der Waals surface area contributed by atoms with Gasteiger partial charge in [-0.2, -0.15) is 4.31 Å². The molecule has 0 bridgehead atoms. The second kappa shape index (κ2) is 7.72. The third kappa shape index (κ3) is 4.28. The van der Waals surface area contributed by atoms with Crippen LogP contribution in [-0.2, 0) is 16.4 Å². The van der Waals surface area contributed by atoms with Gasteiger partial charge < -0.3 is 5.32 Å². The number of sulfonamides is 1. The largest absolute Gasteiger partial charge is 0.319 e. The van der Waals surface area contributed by atoms with Crippen LogP contribution in [0, 0.1) is 5.92 Å². The highest BCUT2D eigenvalue weighted by molar-refractivity contribution is 7.91. The lowest BCUT2D eigenvalue weighted by Gasteiger charge is -2.19. The molecule has 2 heterocycles. The van der Waals surface area contributed by atoms with Crippen LogP contribution in [0.2, 0.25) is 0 Å². The van der Waals surface area contributed by atoms with Crippen molar-refractivity contribution in [1.82, 2.24) is 9.62 Å². The molecule has 1 aromatic rings. The number of hydrogen-bond donors (Lipinski definition) is 1. The molecule has 2 rings (SSSR count). The standard InChI is InChI=1S/C15H26N2O2S2/c1-3-13-5-4-11-17(12-9-13)21(18,19)15-7-6-14(20-15)8-10-16-2/h6-7,13,16H,3-5,8-12H2,1-2H3. The summed E-state index contributed by atoms with van der Waals surface area (Å²) >= 11 is 1.42. The number of rotatable bonds is 6. The second-order valence-corrected chi connectivity index (χ2v) is 9.02. The van der Waals surface area contributed by atoms with Gasteiger partial charge in [0.15, 0.2) is 0 Å². The quantitative estimate of drug-likeness (QED) is 0.872. The van der Waals surface area contributed by atoms with Gasteiger partial charge in [-0.1, -0.05) is 13.3 Å². The molecule has 0 spiro atoms. The van der Waals surface area contributed by atoms with Crippen molar-refractivity contribution in [2.45, 2.75) is 43.2 Å². The van der Waals surface area contributed by atoms with Gasteiger partial charge in [-0.25, -0.2) is 8.42 Å². The van der Waals surface area contributed by atoms with Crippen molar-refractivity contribution in [2.75, 3.05) is 26.7 Å². The Labute approximate surface area is 132 Å². The molecule has 0 saturated carbocycles. The van der Waals surface area contributed by atoms with Crippen LogP contribution in [-0.4, -0.2) is 39.4 Å². The summed E-state index contributed by atoms with van der Waals surface area (Å²) in [6.07, 6.45) is 5.17. The Bertz CT molecular complexity index is 540. The van der Waals surface area contributed by atoms with Gasteiger partial charge in [0.05, 0.1) is 0 Å². The van der Waals surface area contributed by atoms with Gasteiger partial charge in [-0.05, 0) is 57.3 Å². The predicted octanol–water partition coefficient (Wildman–Crippen LogP) is 2.71. The highest BCUT2D eigenvalue weighted by Gasteiger charge is 2.28. The first-order valence-corrected chi connectivity index (χ1v) is 10.1. The van der Waals surface area contributed by atoms with Crippen LogP contribution in [0.3, 0.4) is 0 Å². The van der Waals surface area contributed by atoms with Crippen LogP contribution < -0.4 is 5.32 Å². The van der Waals surface area contributed by atoms with E-state index < -0.39 is 10.0 Å². The number of thiophene rings is 1. The molecule has 0 amide bonds. The molecule has 4 nitrogen and oxygen atoms in total. The van der Waals surface area contributed by atoms with E-state index >= 15 is 0 Å². The van der Waals surface area contributed by atoms with Gasteiger partial charge in [-0.3, -0.25) is 0 Å². The van der Waals surface area contributed by atoms with Gasteiger partial charge in [-0.15, -0.1) is 11.3 Å². The molecule has 0 radical (unpaired) electrons. The van der Waals surface area contributed by atoms with E-state index in [4.69, 9.17) is 0 Å². The minimum Gasteiger partial charge on any atom is -0.319 e. The van der Waals surface area contributed by atoms with Crippen LogP contribution in [0.25, 0.3) is 0 Å². The molecule has 1 aliphatic rings. The van der Waals surface area contributed by atoms with E-state index in [0.29, 0.717) is 23.2 Å². The van der Waals surface area contributed by atoms with Gasteiger partial charge in [0.1, 0.15) is 4.21 Å². The molecule has 21 heavy (non-hydrogen) atoms. The predicted molar refractivity (Wildman–Crippen MR) is 88.3 cm³/mol. The summed E-state index contributed by atoms with van der Waals surface area (Å²) in [7, 11) is -1.38. The van der Waals surface area contributed by atoms with E-state index in [1.54, 1.807) is 10.4 Å². The Kier molecular flexibility index (Phi) is 6.22. The summed E-state index contributed by atoms with van der Waals surface area (Å²) in [5, 5.41) is 3.09. The lowest BCUT2D eigenvalue weighted by molar-refractivity contribution is 0.408. The normalized spacial score (nSPS) is 21.3. The first-order chi connectivity index (χ1) is 10.1. The van der Waals surface area contributed by atoms with Crippen LogP contribution in [0.15, 0.2) is 16.3 Å². The molecule has 0 aliphatic carbocycles. The maximum Gasteiger partial charge on any atom is 0.252 e. The van der Waals surface area contributed by atoms with Crippen molar-refractivity contribution in [3.63, 3.8) is 0 Å². The van der Waals surface area contributed by atoms with Gasteiger partial charge in [0.2, 0.25) is 0 Å². The summed E-state index contributed by atoms with van der Waals surface area (Å²) in [5.41, 5.74) is 0. The first kappa shape index (κ1) is 16.9. The SMILES string of the molecule is CCC1CCCN(S(=O)(=O)c2ccc(CCNC)s2)CC1. The number of nitrogens with zero attached hydrogens (tertiary/aromatic N) is 1. The summed E-state index contributed by atoms with van der Waals surface area (Å²) in [5.74, 6) is 0.680. The van der Waals surface area contributed by atoms with Gasteiger partial charge in [0.25, 0.3) is 10.0 Å². The molecular formula is C15H26N2O2S2. The van der Waals surface area contributed by atoms with Crippen LogP contribution in [0.4, 0.5) is 0 Å².